The minimum Gasteiger partial charge on any atom is -0.465 e. The molecule has 0 aliphatic carbocycles. The fourth-order valence-corrected chi connectivity index (χ4v) is 2.15. The summed E-state index contributed by atoms with van der Waals surface area (Å²) < 4.78 is 5.49. The molecular weight excluding hydrogens is 280 g/mol. The summed E-state index contributed by atoms with van der Waals surface area (Å²) >= 11 is 0. The SMILES string of the molecule is CC(=O)c1cccc(NC(=O)CN(C)Cc2ccc(C)o2)c1. The zero-order chi connectivity index (χ0) is 16.1. The number of likely N-dealkylation sites (N-methyl/N-ethyl adjacent to an activating group) is 1. The van der Waals surface area contributed by atoms with Crippen LogP contribution in [0.25, 0.3) is 0 Å². The molecule has 0 bridgehead atoms. The van der Waals surface area contributed by atoms with Gasteiger partial charge in [0.05, 0.1) is 13.1 Å². The Bertz CT molecular complexity index is 676. The van der Waals surface area contributed by atoms with Gasteiger partial charge in [-0.05, 0) is 45.2 Å². The van der Waals surface area contributed by atoms with E-state index in [1.54, 1.807) is 24.3 Å². The monoisotopic (exact) mass is 300 g/mol. The number of amides is 1. The molecule has 0 aliphatic heterocycles. The lowest BCUT2D eigenvalue weighted by molar-refractivity contribution is -0.117. The van der Waals surface area contributed by atoms with Crippen LogP contribution in [0.3, 0.4) is 0 Å². The van der Waals surface area contributed by atoms with Crippen molar-refractivity contribution in [2.24, 2.45) is 0 Å². The molecule has 1 aromatic heterocycles. The Balaban J connectivity index is 1.89. The van der Waals surface area contributed by atoms with E-state index in [0.717, 1.165) is 11.5 Å². The molecule has 0 unspecified atom stereocenters. The van der Waals surface area contributed by atoms with Gasteiger partial charge in [0, 0.05) is 11.3 Å². The Morgan fingerprint density at radius 2 is 2.00 bits per heavy atom. The molecule has 0 fully saturated rings. The number of benzene rings is 1. The van der Waals surface area contributed by atoms with Gasteiger partial charge >= 0.3 is 0 Å². The normalized spacial score (nSPS) is 10.7. The van der Waals surface area contributed by atoms with Crippen molar-refractivity contribution in [2.45, 2.75) is 20.4 Å². The number of carbonyl (C=O) groups excluding carboxylic acids is 2. The first kappa shape index (κ1) is 16.0. The summed E-state index contributed by atoms with van der Waals surface area (Å²) in [7, 11) is 1.85. The minimum atomic E-state index is -0.133. The molecule has 0 saturated heterocycles. The Morgan fingerprint density at radius 1 is 1.23 bits per heavy atom. The lowest BCUT2D eigenvalue weighted by Gasteiger charge is -2.15. The van der Waals surface area contributed by atoms with Gasteiger partial charge in [-0.3, -0.25) is 14.5 Å². The Morgan fingerprint density at radius 3 is 2.64 bits per heavy atom. The highest BCUT2D eigenvalue weighted by molar-refractivity contribution is 5.97. The van der Waals surface area contributed by atoms with Crippen LogP contribution in [0, 0.1) is 6.92 Å². The number of furan rings is 1. The molecule has 0 atom stereocenters. The van der Waals surface area contributed by atoms with Crippen LogP contribution in [-0.2, 0) is 11.3 Å². The molecule has 0 saturated carbocycles. The van der Waals surface area contributed by atoms with Crippen LogP contribution < -0.4 is 5.32 Å². The maximum absolute atomic E-state index is 12.0. The Labute approximate surface area is 129 Å². The van der Waals surface area contributed by atoms with Gasteiger partial charge in [0.2, 0.25) is 5.91 Å². The second kappa shape index (κ2) is 7.04. The van der Waals surface area contributed by atoms with Crippen molar-refractivity contribution in [1.29, 1.82) is 0 Å². The summed E-state index contributed by atoms with van der Waals surface area (Å²) in [6, 6.07) is 10.7. The van der Waals surface area contributed by atoms with Gasteiger partial charge in [0.25, 0.3) is 0 Å². The topological polar surface area (TPSA) is 62.6 Å². The van der Waals surface area contributed by atoms with Crippen molar-refractivity contribution in [3.63, 3.8) is 0 Å². The lowest BCUT2D eigenvalue weighted by Crippen LogP contribution is -2.29. The van der Waals surface area contributed by atoms with Crippen LogP contribution in [0.5, 0.6) is 0 Å². The van der Waals surface area contributed by atoms with Gasteiger partial charge in [-0.1, -0.05) is 12.1 Å². The number of hydrogen-bond acceptors (Lipinski definition) is 4. The molecule has 116 valence electrons. The average molecular weight is 300 g/mol. The van der Waals surface area contributed by atoms with E-state index >= 15 is 0 Å². The van der Waals surface area contributed by atoms with E-state index in [4.69, 9.17) is 4.42 Å². The van der Waals surface area contributed by atoms with E-state index in [-0.39, 0.29) is 18.2 Å². The Hall–Kier alpha value is -2.40. The quantitative estimate of drug-likeness (QED) is 0.833. The Kier molecular flexibility index (Phi) is 5.12. The highest BCUT2D eigenvalue weighted by Crippen LogP contribution is 2.12. The van der Waals surface area contributed by atoms with Crippen LogP contribution in [0.2, 0.25) is 0 Å². The van der Waals surface area contributed by atoms with E-state index < -0.39 is 0 Å². The number of anilines is 1. The van der Waals surface area contributed by atoms with Crippen LogP contribution >= 0.6 is 0 Å². The second-order valence-electron chi connectivity index (χ2n) is 5.37. The third-order valence-electron chi connectivity index (χ3n) is 3.19. The highest BCUT2D eigenvalue weighted by Gasteiger charge is 2.10. The molecule has 0 aliphatic rings. The lowest BCUT2D eigenvalue weighted by atomic mass is 10.1. The number of aryl methyl sites for hydroxylation is 1. The molecule has 5 heteroatoms. The van der Waals surface area contributed by atoms with Crippen molar-refractivity contribution >= 4 is 17.4 Å². The fourth-order valence-electron chi connectivity index (χ4n) is 2.15. The molecule has 1 amide bonds. The van der Waals surface area contributed by atoms with E-state index in [1.165, 1.54) is 6.92 Å². The van der Waals surface area contributed by atoms with Gasteiger partial charge < -0.3 is 9.73 Å². The molecular formula is C17H20N2O3. The van der Waals surface area contributed by atoms with Crippen molar-refractivity contribution in [3.8, 4) is 0 Å². The maximum Gasteiger partial charge on any atom is 0.238 e. The van der Waals surface area contributed by atoms with Crippen molar-refractivity contribution in [3.05, 3.63) is 53.5 Å². The molecule has 1 heterocycles. The van der Waals surface area contributed by atoms with Gasteiger partial charge in [-0.15, -0.1) is 0 Å². The maximum atomic E-state index is 12.0. The fraction of sp³-hybridized carbons (Fsp3) is 0.294. The van der Waals surface area contributed by atoms with E-state index in [1.807, 2.05) is 31.0 Å². The van der Waals surface area contributed by atoms with E-state index in [0.29, 0.717) is 17.8 Å². The van der Waals surface area contributed by atoms with Gasteiger partial charge in [0.15, 0.2) is 5.78 Å². The van der Waals surface area contributed by atoms with Gasteiger partial charge in [-0.25, -0.2) is 0 Å². The molecule has 2 rings (SSSR count). The summed E-state index contributed by atoms with van der Waals surface area (Å²) in [5.41, 5.74) is 1.21. The number of rotatable bonds is 6. The predicted octanol–water partition coefficient (Wildman–Crippen LogP) is 2.86. The summed E-state index contributed by atoms with van der Waals surface area (Å²) in [5.74, 6) is 1.52. The van der Waals surface area contributed by atoms with Gasteiger partial charge in [0.1, 0.15) is 11.5 Å². The van der Waals surface area contributed by atoms with E-state index in [9.17, 15) is 9.59 Å². The number of carbonyl (C=O) groups is 2. The van der Waals surface area contributed by atoms with Crippen LogP contribution in [0.1, 0.15) is 28.8 Å². The van der Waals surface area contributed by atoms with Crippen LogP contribution in [-0.4, -0.2) is 30.2 Å². The third-order valence-corrected chi connectivity index (χ3v) is 3.19. The highest BCUT2D eigenvalue weighted by atomic mass is 16.3. The van der Waals surface area contributed by atoms with Crippen LogP contribution in [0.4, 0.5) is 5.69 Å². The average Bonchev–Trinajstić information content (AvgIpc) is 2.83. The molecule has 22 heavy (non-hydrogen) atoms. The van der Waals surface area contributed by atoms with Crippen molar-refractivity contribution in [1.82, 2.24) is 4.90 Å². The first-order valence-corrected chi connectivity index (χ1v) is 7.09. The van der Waals surface area contributed by atoms with Crippen molar-refractivity contribution < 1.29 is 14.0 Å². The van der Waals surface area contributed by atoms with Crippen molar-refractivity contribution in [2.75, 3.05) is 18.9 Å². The predicted molar refractivity (Wildman–Crippen MR) is 84.9 cm³/mol. The zero-order valence-corrected chi connectivity index (χ0v) is 13.1. The van der Waals surface area contributed by atoms with E-state index in [2.05, 4.69) is 5.32 Å². The molecule has 0 radical (unpaired) electrons. The number of ketones is 1. The summed E-state index contributed by atoms with van der Waals surface area (Å²) in [4.78, 5) is 25.2. The molecule has 1 N–H and O–H groups in total. The summed E-state index contributed by atoms with van der Waals surface area (Å²) in [6.45, 7) is 4.19. The number of Topliss-reactive ketones (excluding diaryl/α,β-unsaturated/α-hetero) is 1. The molecule has 5 nitrogen and oxygen atoms in total. The number of nitrogens with one attached hydrogen (secondary N) is 1. The smallest absolute Gasteiger partial charge is 0.238 e. The number of nitrogens with zero attached hydrogens (tertiary/aromatic N) is 1. The van der Waals surface area contributed by atoms with Crippen LogP contribution in [0.15, 0.2) is 40.8 Å². The molecule has 1 aromatic carbocycles. The second-order valence-corrected chi connectivity index (χ2v) is 5.37. The summed E-state index contributed by atoms with van der Waals surface area (Å²) in [6.07, 6.45) is 0. The largest absolute Gasteiger partial charge is 0.465 e. The molecule has 2 aromatic rings. The zero-order valence-electron chi connectivity index (χ0n) is 13.1. The first-order valence-electron chi connectivity index (χ1n) is 7.09. The number of hydrogen-bond donors (Lipinski definition) is 1. The summed E-state index contributed by atoms with van der Waals surface area (Å²) in [5, 5.41) is 2.80. The standard InChI is InChI=1S/C17H20N2O3/c1-12-7-8-16(22-12)10-19(3)11-17(21)18-15-6-4-5-14(9-15)13(2)20/h4-9H,10-11H2,1-3H3,(H,18,21). The van der Waals surface area contributed by atoms with Gasteiger partial charge in [-0.2, -0.15) is 0 Å². The molecule has 0 spiro atoms. The first-order chi connectivity index (χ1) is 10.4. The minimum absolute atomic E-state index is 0.0265. The third kappa shape index (κ3) is 4.56.